The molecule has 0 bridgehead atoms. The quantitative estimate of drug-likeness (QED) is 0.584. The molecule has 0 spiro atoms. The van der Waals surface area contributed by atoms with Crippen molar-refractivity contribution in [3.63, 3.8) is 0 Å². The Morgan fingerprint density at radius 2 is 2.25 bits per heavy atom. The average molecular weight is 166 g/mol. The predicted octanol–water partition coefficient (Wildman–Crippen LogP) is 0.0590. The Morgan fingerprint density at radius 3 is 2.75 bits per heavy atom. The summed E-state index contributed by atoms with van der Waals surface area (Å²) in [6, 6.07) is 1.41. The molecule has 64 valence electrons. The molecule has 0 saturated heterocycles. The number of carbonyl (C=O) groups is 1. The van der Waals surface area contributed by atoms with E-state index < -0.39 is 0 Å². The zero-order valence-electron chi connectivity index (χ0n) is 7.07. The van der Waals surface area contributed by atoms with Crippen LogP contribution in [0.15, 0.2) is 10.9 Å². The average Bonchev–Trinajstić information content (AvgIpc) is 1.96. The molecule has 1 aromatic heterocycles. The third kappa shape index (κ3) is 1.58. The van der Waals surface area contributed by atoms with Crippen molar-refractivity contribution >= 4 is 6.29 Å². The Balaban J connectivity index is 3.28. The van der Waals surface area contributed by atoms with E-state index in [1.165, 1.54) is 10.6 Å². The molecule has 4 heteroatoms. The van der Waals surface area contributed by atoms with Gasteiger partial charge in [0.1, 0.15) is 12.1 Å². The van der Waals surface area contributed by atoms with Gasteiger partial charge in [-0.1, -0.05) is 0 Å². The standard InChI is InChI=1S/C8H10N2O2/c1-6-5-8(12)10(3-4-11)7(2)9-6/h4-5H,3H2,1-2H3. The highest BCUT2D eigenvalue weighted by atomic mass is 16.1. The van der Waals surface area contributed by atoms with Crippen LogP contribution in [0.3, 0.4) is 0 Å². The van der Waals surface area contributed by atoms with E-state index in [4.69, 9.17) is 0 Å². The fourth-order valence-corrected chi connectivity index (χ4v) is 1.06. The highest BCUT2D eigenvalue weighted by Gasteiger charge is 2.00. The van der Waals surface area contributed by atoms with Crippen molar-refractivity contribution in [1.82, 2.24) is 9.55 Å². The fourth-order valence-electron chi connectivity index (χ4n) is 1.06. The molecule has 0 saturated carbocycles. The van der Waals surface area contributed by atoms with Crippen LogP contribution in [0.25, 0.3) is 0 Å². The molecule has 1 heterocycles. The van der Waals surface area contributed by atoms with E-state index in [1.807, 2.05) is 0 Å². The summed E-state index contributed by atoms with van der Waals surface area (Å²) < 4.78 is 1.33. The van der Waals surface area contributed by atoms with Crippen LogP contribution in [0.2, 0.25) is 0 Å². The van der Waals surface area contributed by atoms with Gasteiger partial charge < -0.3 is 4.79 Å². The van der Waals surface area contributed by atoms with Crippen molar-refractivity contribution in [2.24, 2.45) is 0 Å². The molecule has 0 atom stereocenters. The predicted molar refractivity (Wildman–Crippen MR) is 44.0 cm³/mol. The first-order valence-electron chi connectivity index (χ1n) is 3.64. The fraction of sp³-hybridized carbons (Fsp3) is 0.375. The molecule has 0 aliphatic carbocycles. The number of carbonyl (C=O) groups excluding carboxylic acids is 1. The molecule has 12 heavy (non-hydrogen) atoms. The van der Waals surface area contributed by atoms with Gasteiger partial charge in [-0.3, -0.25) is 9.36 Å². The maximum Gasteiger partial charge on any atom is 0.254 e. The topological polar surface area (TPSA) is 52.0 Å². The minimum absolute atomic E-state index is 0.0813. The normalized spacial score (nSPS) is 9.83. The van der Waals surface area contributed by atoms with Crippen molar-refractivity contribution < 1.29 is 4.79 Å². The monoisotopic (exact) mass is 166 g/mol. The zero-order valence-corrected chi connectivity index (χ0v) is 7.07. The molecule has 1 aromatic rings. The van der Waals surface area contributed by atoms with Gasteiger partial charge >= 0.3 is 0 Å². The van der Waals surface area contributed by atoms with E-state index in [1.54, 1.807) is 13.8 Å². The van der Waals surface area contributed by atoms with Gasteiger partial charge in [-0.2, -0.15) is 0 Å². The Morgan fingerprint density at radius 1 is 1.58 bits per heavy atom. The van der Waals surface area contributed by atoms with Gasteiger partial charge in [0, 0.05) is 11.8 Å². The summed E-state index contributed by atoms with van der Waals surface area (Å²) in [5.74, 6) is 0.576. The van der Waals surface area contributed by atoms with E-state index >= 15 is 0 Å². The van der Waals surface area contributed by atoms with E-state index in [0.29, 0.717) is 17.8 Å². The highest BCUT2D eigenvalue weighted by molar-refractivity contribution is 5.49. The summed E-state index contributed by atoms with van der Waals surface area (Å²) in [4.78, 5) is 25.4. The number of nitrogens with zero attached hydrogens (tertiary/aromatic N) is 2. The second-order valence-electron chi connectivity index (χ2n) is 2.56. The van der Waals surface area contributed by atoms with Crippen molar-refractivity contribution in [1.29, 1.82) is 0 Å². The molecule has 0 fully saturated rings. The summed E-state index contributed by atoms with van der Waals surface area (Å²) in [5, 5.41) is 0. The van der Waals surface area contributed by atoms with E-state index in [0.717, 1.165) is 0 Å². The minimum atomic E-state index is -0.174. The highest BCUT2D eigenvalue weighted by Crippen LogP contribution is 1.91. The molecular weight excluding hydrogens is 156 g/mol. The first-order valence-corrected chi connectivity index (χ1v) is 3.64. The third-order valence-electron chi connectivity index (χ3n) is 1.58. The van der Waals surface area contributed by atoms with Gasteiger partial charge in [-0.05, 0) is 13.8 Å². The molecule has 0 aliphatic rings. The number of hydrogen-bond donors (Lipinski definition) is 0. The van der Waals surface area contributed by atoms with Crippen molar-refractivity contribution in [3.05, 3.63) is 27.9 Å². The molecule has 0 aromatic carbocycles. The van der Waals surface area contributed by atoms with Crippen molar-refractivity contribution in [3.8, 4) is 0 Å². The number of rotatable bonds is 2. The lowest BCUT2D eigenvalue weighted by molar-refractivity contribution is -0.108. The molecular formula is C8H10N2O2. The molecule has 0 radical (unpaired) electrons. The van der Waals surface area contributed by atoms with Crippen LogP contribution in [0.5, 0.6) is 0 Å². The Bertz CT molecular complexity index is 355. The van der Waals surface area contributed by atoms with E-state index in [2.05, 4.69) is 4.98 Å². The summed E-state index contributed by atoms with van der Waals surface area (Å²) in [5.41, 5.74) is 0.506. The van der Waals surface area contributed by atoms with Gasteiger partial charge in [0.15, 0.2) is 0 Å². The summed E-state index contributed by atoms with van der Waals surface area (Å²) >= 11 is 0. The van der Waals surface area contributed by atoms with E-state index in [9.17, 15) is 9.59 Å². The second kappa shape index (κ2) is 3.30. The second-order valence-corrected chi connectivity index (χ2v) is 2.56. The lowest BCUT2D eigenvalue weighted by atomic mass is 10.4. The van der Waals surface area contributed by atoms with E-state index in [-0.39, 0.29) is 12.1 Å². The van der Waals surface area contributed by atoms with Gasteiger partial charge in [0.25, 0.3) is 5.56 Å². The van der Waals surface area contributed by atoms with Gasteiger partial charge in [0.05, 0.1) is 6.54 Å². The van der Waals surface area contributed by atoms with Crippen LogP contribution in [-0.4, -0.2) is 15.8 Å². The Hall–Kier alpha value is -1.45. The summed E-state index contributed by atoms with van der Waals surface area (Å²) in [7, 11) is 0. The summed E-state index contributed by atoms with van der Waals surface area (Å²) in [6.07, 6.45) is 0.686. The maximum absolute atomic E-state index is 11.2. The molecule has 1 rings (SSSR count). The van der Waals surface area contributed by atoms with Crippen LogP contribution in [0.1, 0.15) is 11.5 Å². The van der Waals surface area contributed by atoms with Crippen molar-refractivity contribution in [2.75, 3.05) is 0 Å². The number of hydrogen-bond acceptors (Lipinski definition) is 3. The largest absolute Gasteiger partial charge is 0.301 e. The van der Waals surface area contributed by atoms with Crippen molar-refractivity contribution in [2.45, 2.75) is 20.4 Å². The summed E-state index contributed by atoms with van der Waals surface area (Å²) in [6.45, 7) is 3.54. The SMILES string of the molecule is Cc1cc(=O)n(CC=O)c(C)n1. The van der Waals surface area contributed by atoms with Crippen LogP contribution >= 0.6 is 0 Å². The van der Waals surface area contributed by atoms with Gasteiger partial charge in [0.2, 0.25) is 0 Å². The first-order chi connectivity index (χ1) is 5.65. The Labute approximate surface area is 69.9 Å². The van der Waals surface area contributed by atoms with Crippen LogP contribution in [0, 0.1) is 13.8 Å². The first kappa shape index (κ1) is 8.64. The van der Waals surface area contributed by atoms with Gasteiger partial charge in [-0.15, -0.1) is 0 Å². The molecule has 0 amide bonds. The molecule has 0 N–H and O–H groups in total. The van der Waals surface area contributed by atoms with Gasteiger partial charge in [-0.25, -0.2) is 4.98 Å². The smallest absolute Gasteiger partial charge is 0.254 e. The lowest BCUT2D eigenvalue weighted by Gasteiger charge is -2.04. The minimum Gasteiger partial charge on any atom is -0.301 e. The number of aldehydes is 1. The zero-order chi connectivity index (χ0) is 9.14. The number of aromatic nitrogens is 2. The molecule has 0 unspecified atom stereocenters. The van der Waals surface area contributed by atoms with Crippen LogP contribution in [0.4, 0.5) is 0 Å². The maximum atomic E-state index is 11.2. The van der Waals surface area contributed by atoms with Crippen LogP contribution < -0.4 is 5.56 Å². The van der Waals surface area contributed by atoms with Crippen LogP contribution in [-0.2, 0) is 11.3 Å². The molecule has 4 nitrogen and oxygen atoms in total. The molecule has 0 aliphatic heterocycles. The third-order valence-corrected chi connectivity index (χ3v) is 1.58. The number of aryl methyl sites for hydroxylation is 2. The Kier molecular flexibility index (Phi) is 2.38. The lowest BCUT2D eigenvalue weighted by Crippen LogP contribution is -2.23.